The van der Waals surface area contributed by atoms with Gasteiger partial charge in [0.1, 0.15) is 5.82 Å². The monoisotopic (exact) mass is 267 g/mol. The predicted molar refractivity (Wildman–Crippen MR) is 73.9 cm³/mol. The van der Waals surface area contributed by atoms with E-state index < -0.39 is 5.82 Å². The summed E-state index contributed by atoms with van der Waals surface area (Å²) in [6.07, 6.45) is 6.22. The molecule has 1 aromatic carbocycles. The molecule has 0 saturated heterocycles. The number of anilines is 1. The Morgan fingerprint density at radius 1 is 1.05 bits per heavy atom. The summed E-state index contributed by atoms with van der Waals surface area (Å²) in [4.78, 5) is 19.9. The van der Waals surface area contributed by atoms with Crippen LogP contribution in [0.1, 0.15) is 10.4 Å². The number of aromatic nitrogens is 2. The molecule has 5 heteroatoms. The Morgan fingerprint density at radius 3 is 2.60 bits per heavy atom. The lowest BCUT2D eigenvalue weighted by Gasteiger charge is -2.09. The largest absolute Gasteiger partial charge is 0.321 e. The highest BCUT2D eigenvalue weighted by molar-refractivity contribution is 6.08. The number of hydrogen-bond acceptors (Lipinski definition) is 3. The highest BCUT2D eigenvalue weighted by Crippen LogP contribution is 2.24. The summed E-state index contributed by atoms with van der Waals surface area (Å²) in [6.45, 7) is 0. The molecule has 20 heavy (non-hydrogen) atoms. The van der Waals surface area contributed by atoms with Gasteiger partial charge in [0.15, 0.2) is 0 Å². The molecule has 0 aliphatic carbocycles. The second-order valence-corrected chi connectivity index (χ2v) is 4.24. The standard InChI is InChI=1S/C15H10FN3O/c16-12-7-11-9-18-6-3-13(11)14(8-12)19-15(20)10-1-4-17-5-2-10/h1-9H,(H,19,20). The van der Waals surface area contributed by atoms with Gasteiger partial charge in [-0.05, 0) is 30.3 Å². The van der Waals surface area contributed by atoms with E-state index in [1.807, 2.05) is 0 Å². The van der Waals surface area contributed by atoms with Crippen molar-refractivity contribution in [1.29, 1.82) is 0 Å². The summed E-state index contributed by atoms with van der Waals surface area (Å²) in [5, 5.41) is 4.08. The van der Waals surface area contributed by atoms with Crippen LogP contribution in [0, 0.1) is 5.82 Å². The van der Waals surface area contributed by atoms with Crippen molar-refractivity contribution in [2.24, 2.45) is 0 Å². The maximum Gasteiger partial charge on any atom is 0.255 e. The number of halogens is 1. The van der Waals surface area contributed by atoms with Crippen LogP contribution < -0.4 is 5.32 Å². The molecule has 0 aliphatic rings. The van der Waals surface area contributed by atoms with E-state index in [1.54, 1.807) is 30.6 Å². The van der Waals surface area contributed by atoms with Gasteiger partial charge in [-0.1, -0.05) is 0 Å². The summed E-state index contributed by atoms with van der Waals surface area (Å²) in [6, 6.07) is 7.60. The Kier molecular flexibility index (Phi) is 3.09. The molecule has 0 fully saturated rings. The minimum absolute atomic E-state index is 0.309. The number of fused-ring (bicyclic) bond motifs is 1. The first-order chi connectivity index (χ1) is 9.74. The van der Waals surface area contributed by atoms with Crippen molar-refractivity contribution in [3.8, 4) is 0 Å². The third-order valence-electron chi connectivity index (χ3n) is 2.91. The van der Waals surface area contributed by atoms with E-state index in [2.05, 4.69) is 15.3 Å². The summed E-state index contributed by atoms with van der Waals surface area (Å²) in [5.74, 6) is -0.730. The van der Waals surface area contributed by atoms with Crippen molar-refractivity contribution in [2.45, 2.75) is 0 Å². The van der Waals surface area contributed by atoms with Crippen molar-refractivity contribution in [3.05, 3.63) is 66.5 Å². The number of pyridine rings is 2. The zero-order valence-electron chi connectivity index (χ0n) is 10.4. The molecular weight excluding hydrogens is 257 g/mol. The molecule has 1 amide bonds. The van der Waals surface area contributed by atoms with Crippen LogP contribution >= 0.6 is 0 Å². The number of benzene rings is 1. The van der Waals surface area contributed by atoms with Crippen molar-refractivity contribution < 1.29 is 9.18 Å². The number of nitrogens with one attached hydrogen (secondary N) is 1. The fourth-order valence-electron chi connectivity index (χ4n) is 1.97. The van der Waals surface area contributed by atoms with Gasteiger partial charge in [-0.25, -0.2) is 4.39 Å². The van der Waals surface area contributed by atoms with E-state index >= 15 is 0 Å². The van der Waals surface area contributed by atoms with Gasteiger partial charge >= 0.3 is 0 Å². The Balaban J connectivity index is 2.01. The highest BCUT2D eigenvalue weighted by atomic mass is 19.1. The minimum Gasteiger partial charge on any atom is -0.321 e. The van der Waals surface area contributed by atoms with E-state index in [0.29, 0.717) is 16.6 Å². The molecule has 2 aromatic heterocycles. The third-order valence-corrected chi connectivity index (χ3v) is 2.91. The van der Waals surface area contributed by atoms with E-state index in [-0.39, 0.29) is 5.91 Å². The first kappa shape index (κ1) is 12.2. The van der Waals surface area contributed by atoms with E-state index in [0.717, 1.165) is 5.39 Å². The fourth-order valence-corrected chi connectivity index (χ4v) is 1.97. The van der Waals surface area contributed by atoms with Gasteiger partial charge in [0.25, 0.3) is 5.91 Å². The molecule has 0 aliphatic heterocycles. The SMILES string of the molecule is O=C(Nc1cc(F)cc2cnccc12)c1ccncc1. The molecule has 3 rings (SSSR count). The second-order valence-electron chi connectivity index (χ2n) is 4.24. The van der Waals surface area contributed by atoms with Crippen LogP contribution in [-0.2, 0) is 0 Å². The smallest absolute Gasteiger partial charge is 0.255 e. The summed E-state index contributed by atoms with van der Waals surface area (Å²) >= 11 is 0. The average Bonchev–Trinajstić information content (AvgIpc) is 2.48. The normalized spacial score (nSPS) is 10.4. The Bertz CT molecular complexity index is 774. The second kappa shape index (κ2) is 5.05. The van der Waals surface area contributed by atoms with E-state index in [9.17, 15) is 9.18 Å². The van der Waals surface area contributed by atoms with Gasteiger partial charge in [-0.2, -0.15) is 0 Å². The lowest BCUT2D eigenvalue weighted by atomic mass is 10.1. The lowest BCUT2D eigenvalue weighted by molar-refractivity contribution is 0.102. The van der Waals surface area contributed by atoms with Crippen molar-refractivity contribution in [2.75, 3.05) is 5.32 Å². The molecule has 0 saturated carbocycles. The molecule has 3 aromatic rings. The quantitative estimate of drug-likeness (QED) is 0.776. The molecule has 0 spiro atoms. The summed E-state index contributed by atoms with van der Waals surface area (Å²) < 4.78 is 13.6. The number of carbonyl (C=O) groups is 1. The first-order valence-electron chi connectivity index (χ1n) is 5.99. The van der Waals surface area contributed by atoms with Crippen LogP contribution in [0.15, 0.2) is 55.1 Å². The molecular formula is C15H10FN3O. The number of hydrogen-bond donors (Lipinski definition) is 1. The number of carbonyl (C=O) groups excluding carboxylic acids is 1. The van der Waals surface area contributed by atoms with Crippen molar-refractivity contribution in [3.63, 3.8) is 0 Å². The van der Waals surface area contributed by atoms with Crippen LogP contribution in [0.25, 0.3) is 10.8 Å². The maximum atomic E-state index is 13.6. The Morgan fingerprint density at radius 2 is 1.80 bits per heavy atom. The van der Waals surface area contributed by atoms with E-state index in [4.69, 9.17) is 0 Å². The molecule has 2 heterocycles. The molecule has 0 bridgehead atoms. The maximum absolute atomic E-state index is 13.6. The zero-order valence-corrected chi connectivity index (χ0v) is 10.4. The summed E-state index contributed by atoms with van der Waals surface area (Å²) in [5.41, 5.74) is 0.885. The van der Waals surface area contributed by atoms with Crippen molar-refractivity contribution >= 4 is 22.4 Å². The minimum atomic E-state index is -0.421. The predicted octanol–water partition coefficient (Wildman–Crippen LogP) is 3.02. The van der Waals surface area contributed by atoms with Gasteiger partial charge in [0.05, 0.1) is 5.69 Å². The van der Waals surface area contributed by atoms with Gasteiger partial charge < -0.3 is 5.32 Å². The third kappa shape index (κ3) is 2.33. The van der Waals surface area contributed by atoms with Crippen LogP contribution in [0.4, 0.5) is 10.1 Å². The molecule has 1 N–H and O–H groups in total. The van der Waals surface area contributed by atoms with Crippen LogP contribution in [-0.4, -0.2) is 15.9 Å². The number of nitrogens with zero attached hydrogens (tertiary/aromatic N) is 2. The topological polar surface area (TPSA) is 54.9 Å². The van der Waals surface area contributed by atoms with Gasteiger partial charge in [0, 0.05) is 41.1 Å². The zero-order chi connectivity index (χ0) is 13.9. The lowest BCUT2D eigenvalue weighted by Crippen LogP contribution is -2.12. The fraction of sp³-hybridized carbons (Fsp3) is 0. The number of rotatable bonds is 2. The van der Waals surface area contributed by atoms with E-state index in [1.165, 1.54) is 24.5 Å². The van der Waals surface area contributed by atoms with Crippen LogP contribution in [0.2, 0.25) is 0 Å². The number of amides is 1. The average molecular weight is 267 g/mol. The van der Waals surface area contributed by atoms with Gasteiger partial charge in [-0.3, -0.25) is 14.8 Å². The highest BCUT2D eigenvalue weighted by Gasteiger charge is 2.09. The molecule has 0 unspecified atom stereocenters. The van der Waals surface area contributed by atoms with Gasteiger partial charge in [-0.15, -0.1) is 0 Å². The molecule has 4 nitrogen and oxygen atoms in total. The Labute approximate surface area is 114 Å². The van der Waals surface area contributed by atoms with Crippen molar-refractivity contribution in [1.82, 2.24) is 9.97 Å². The van der Waals surface area contributed by atoms with Crippen LogP contribution in [0.3, 0.4) is 0 Å². The molecule has 98 valence electrons. The molecule has 0 radical (unpaired) electrons. The molecule has 0 atom stereocenters. The summed E-state index contributed by atoms with van der Waals surface area (Å²) in [7, 11) is 0. The Hall–Kier alpha value is -2.82. The van der Waals surface area contributed by atoms with Gasteiger partial charge in [0.2, 0.25) is 0 Å². The first-order valence-corrected chi connectivity index (χ1v) is 5.99. The van der Waals surface area contributed by atoms with Crippen LogP contribution in [0.5, 0.6) is 0 Å².